The van der Waals surface area contributed by atoms with E-state index >= 15 is 0 Å². The Bertz CT molecular complexity index is 560. The highest BCUT2D eigenvalue weighted by atomic mass is 16.6. The predicted molar refractivity (Wildman–Crippen MR) is 68.1 cm³/mol. The summed E-state index contributed by atoms with van der Waals surface area (Å²) < 4.78 is 1.78. The minimum absolute atomic E-state index is 0.0887. The van der Waals surface area contributed by atoms with Crippen molar-refractivity contribution in [1.29, 1.82) is 0 Å². The van der Waals surface area contributed by atoms with Crippen molar-refractivity contribution in [1.82, 2.24) is 9.78 Å². The van der Waals surface area contributed by atoms with Crippen LogP contribution in [-0.4, -0.2) is 21.2 Å². The predicted octanol–water partition coefficient (Wildman–Crippen LogP) is 1.73. The lowest BCUT2D eigenvalue weighted by Crippen LogP contribution is -2.10. The van der Waals surface area contributed by atoms with Gasteiger partial charge in [0.2, 0.25) is 0 Å². The standard InChI is InChI=1S/C12H14N4O2/c1-9-12(8-15(14-9)7-6-13)10-2-4-11(5-3-10)16(17)18/h2-5,8H,6-7,13H2,1H3. The molecule has 0 aliphatic carbocycles. The molecule has 0 amide bonds. The summed E-state index contributed by atoms with van der Waals surface area (Å²) in [6, 6.07) is 6.45. The van der Waals surface area contributed by atoms with Crippen LogP contribution in [-0.2, 0) is 6.54 Å². The maximum atomic E-state index is 10.6. The number of aromatic nitrogens is 2. The second-order valence-electron chi connectivity index (χ2n) is 3.98. The zero-order valence-electron chi connectivity index (χ0n) is 10.0. The van der Waals surface area contributed by atoms with Crippen LogP contribution in [0.5, 0.6) is 0 Å². The zero-order valence-corrected chi connectivity index (χ0v) is 10.0. The van der Waals surface area contributed by atoms with Crippen molar-refractivity contribution in [3.63, 3.8) is 0 Å². The van der Waals surface area contributed by atoms with E-state index < -0.39 is 4.92 Å². The van der Waals surface area contributed by atoms with Crippen molar-refractivity contribution in [2.75, 3.05) is 6.54 Å². The van der Waals surface area contributed by atoms with Gasteiger partial charge in [-0.3, -0.25) is 14.8 Å². The molecule has 18 heavy (non-hydrogen) atoms. The number of hydrogen-bond acceptors (Lipinski definition) is 4. The van der Waals surface area contributed by atoms with Crippen LogP contribution in [0.25, 0.3) is 11.1 Å². The average Bonchev–Trinajstić information content (AvgIpc) is 2.71. The van der Waals surface area contributed by atoms with Gasteiger partial charge in [0, 0.05) is 30.4 Å². The first-order valence-corrected chi connectivity index (χ1v) is 5.61. The molecule has 6 nitrogen and oxygen atoms in total. The topological polar surface area (TPSA) is 87.0 Å². The number of non-ortho nitro benzene ring substituents is 1. The van der Waals surface area contributed by atoms with E-state index in [1.807, 2.05) is 13.1 Å². The summed E-state index contributed by atoms with van der Waals surface area (Å²) in [4.78, 5) is 10.2. The van der Waals surface area contributed by atoms with Crippen LogP contribution >= 0.6 is 0 Å². The summed E-state index contributed by atoms with van der Waals surface area (Å²) in [5.74, 6) is 0. The number of hydrogen-bond donors (Lipinski definition) is 1. The summed E-state index contributed by atoms with van der Waals surface area (Å²) in [5.41, 5.74) is 8.34. The highest BCUT2D eigenvalue weighted by Crippen LogP contribution is 2.24. The van der Waals surface area contributed by atoms with Crippen molar-refractivity contribution in [3.05, 3.63) is 46.3 Å². The molecule has 1 heterocycles. The van der Waals surface area contributed by atoms with E-state index in [1.54, 1.807) is 16.8 Å². The largest absolute Gasteiger partial charge is 0.329 e. The molecule has 0 aliphatic rings. The lowest BCUT2D eigenvalue weighted by atomic mass is 10.1. The van der Waals surface area contributed by atoms with Crippen molar-refractivity contribution in [3.8, 4) is 11.1 Å². The summed E-state index contributed by atoms with van der Waals surface area (Å²) in [5, 5.41) is 14.9. The fourth-order valence-corrected chi connectivity index (χ4v) is 1.81. The van der Waals surface area contributed by atoms with Crippen molar-refractivity contribution in [2.24, 2.45) is 5.73 Å². The minimum atomic E-state index is -0.408. The monoisotopic (exact) mass is 246 g/mol. The van der Waals surface area contributed by atoms with Crippen molar-refractivity contribution < 1.29 is 4.92 Å². The minimum Gasteiger partial charge on any atom is -0.329 e. The van der Waals surface area contributed by atoms with Gasteiger partial charge in [-0.2, -0.15) is 5.10 Å². The quantitative estimate of drug-likeness (QED) is 0.657. The van der Waals surface area contributed by atoms with Crippen LogP contribution in [0.4, 0.5) is 5.69 Å². The molecular weight excluding hydrogens is 232 g/mol. The van der Waals surface area contributed by atoms with E-state index in [2.05, 4.69) is 5.10 Å². The normalized spacial score (nSPS) is 10.6. The molecule has 1 aromatic carbocycles. The SMILES string of the molecule is Cc1nn(CCN)cc1-c1ccc([N+](=O)[O-])cc1. The summed E-state index contributed by atoms with van der Waals surface area (Å²) in [7, 11) is 0. The number of nitrogens with zero attached hydrogens (tertiary/aromatic N) is 3. The van der Waals surface area contributed by atoms with E-state index in [1.165, 1.54) is 12.1 Å². The fourth-order valence-electron chi connectivity index (χ4n) is 1.81. The molecule has 0 unspecified atom stereocenters. The first-order chi connectivity index (χ1) is 8.61. The fraction of sp³-hybridized carbons (Fsp3) is 0.250. The lowest BCUT2D eigenvalue weighted by Gasteiger charge is -1.98. The number of rotatable bonds is 4. The van der Waals surface area contributed by atoms with Gasteiger partial charge in [0.1, 0.15) is 0 Å². The molecule has 94 valence electrons. The Labute approximate surface area is 104 Å². The first-order valence-electron chi connectivity index (χ1n) is 5.61. The Kier molecular flexibility index (Phi) is 3.38. The van der Waals surface area contributed by atoms with Gasteiger partial charge in [-0.05, 0) is 24.6 Å². The molecule has 0 saturated carbocycles. The molecule has 1 aromatic heterocycles. The van der Waals surface area contributed by atoms with Crippen molar-refractivity contribution in [2.45, 2.75) is 13.5 Å². The zero-order chi connectivity index (χ0) is 13.1. The lowest BCUT2D eigenvalue weighted by molar-refractivity contribution is -0.384. The van der Waals surface area contributed by atoms with Crippen molar-refractivity contribution >= 4 is 5.69 Å². The number of nitro groups is 1. The molecule has 6 heteroatoms. The van der Waals surface area contributed by atoms with Gasteiger partial charge in [-0.1, -0.05) is 0 Å². The first kappa shape index (κ1) is 12.3. The average molecular weight is 246 g/mol. The Morgan fingerprint density at radius 2 is 2.06 bits per heavy atom. The third-order valence-corrected chi connectivity index (χ3v) is 2.69. The van der Waals surface area contributed by atoms with Gasteiger partial charge in [0.05, 0.1) is 17.2 Å². The molecule has 0 spiro atoms. The van der Waals surface area contributed by atoms with E-state index in [9.17, 15) is 10.1 Å². The number of nitro benzene ring substituents is 1. The van der Waals surface area contributed by atoms with Gasteiger partial charge >= 0.3 is 0 Å². The molecule has 0 bridgehead atoms. The Morgan fingerprint density at radius 1 is 1.39 bits per heavy atom. The molecule has 0 fully saturated rings. The van der Waals surface area contributed by atoms with Gasteiger partial charge in [0.15, 0.2) is 0 Å². The molecule has 0 atom stereocenters. The molecule has 2 N–H and O–H groups in total. The second kappa shape index (κ2) is 4.97. The highest BCUT2D eigenvalue weighted by Gasteiger charge is 2.09. The van der Waals surface area contributed by atoms with Crippen LogP contribution < -0.4 is 5.73 Å². The summed E-state index contributed by atoms with van der Waals surface area (Å²) in [6.07, 6.45) is 1.91. The molecule has 2 aromatic rings. The van der Waals surface area contributed by atoms with E-state index in [4.69, 9.17) is 5.73 Å². The molecule has 0 saturated heterocycles. The number of nitrogens with two attached hydrogens (primary N) is 1. The highest BCUT2D eigenvalue weighted by molar-refractivity contribution is 5.66. The molecule has 0 radical (unpaired) electrons. The Balaban J connectivity index is 2.33. The maximum absolute atomic E-state index is 10.6. The molecule has 2 rings (SSSR count). The number of aryl methyl sites for hydroxylation is 1. The van der Waals surface area contributed by atoms with Crippen LogP contribution in [0, 0.1) is 17.0 Å². The maximum Gasteiger partial charge on any atom is 0.269 e. The number of benzene rings is 1. The summed E-state index contributed by atoms with van der Waals surface area (Å²) in [6.45, 7) is 3.10. The molecular formula is C12H14N4O2. The molecule has 0 aliphatic heterocycles. The van der Waals surface area contributed by atoms with E-state index in [-0.39, 0.29) is 5.69 Å². The van der Waals surface area contributed by atoms with Gasteiger partial charge < -0.3 is 5.73 Å². The van der Waals surface area contributed by atoms with Gasteiger partial charge in [-0.15, -0.1) is 0 Å². The van der Waals surface area contributed by atoms with Gasteiger partial charge in [0.25, 0.3) is 5.69 Å². The smallest absolute Gasteiger partial charge is 0.269 e. The third-order valence-electron chi connectivity index (χ3n) is 2.69. The van der Waals surface area contributed by atoms with E-state index in [0.717, 1.165) is 16.8 Å². The van der Waals surface area contributed by atoms with Crippen LogP contribution in [0.15, 0.2) is 30.5 Å². The summed E-state index contributed by atoms with van der Waals surface area (Å²) >= 11 is 0. The van der Waals surface area contributed by atoms with E-state index in [0.29, 0.717) is 13.1 Å². The van der Waals surface area contributed by atoms with Crippen LogP contribution in [0.1, 0.15) is 5.69 Å². The van der Waals surface area contributed by atoms with Crippen LogP contribution in [0.2, 0.25) is 0 Å². The Morgan fingerprint density at radius 3 is 2.61 bits per heavy atom. The second-order valence-corrected chi connectivity index (χ2v) is 3.98. The van der Waals surface area contributed by atoms with Gasteiger partial charge in [-0.25, -0.2) is 0 Å². The third kappa shape index (κ3) is 2.38. The Hall–Kier alpha value is -2.21. The van der Waals surface area contributed by atoms with Crippen LogP contribution in [0.3, 0.4) is 0 Å².